The largest absolute Gasteiger partial charge is 0.454 e. The highest BCUT2D eigenvalue weighted by Gasteiger charge is 2.42. The lowest BCUT2D eigenvalue weighted by Gasteiger charge is -2.24. The van der Waals surface area contributed by atoms with Gasteiger partial charge in [-0.1, -0.05) is 17.7 Å². The van der Waals surface area contributed by atoms with Crippen molar-refractivity contribution in [2.24, 2.45) is 0 Å². The van der Waals surface area contributed by atoms with E-state index in [1.54, 1.807) is 25.1 Å². The quantitative estimate of drug-likeness (QED) is 0.707. The molecule has 1 aromatic rings. The summed E-state index contributed by atoms with van der Waals surface area (Å²) in [7, 11) is 0. The molecule has 0 saturated heterocycles. The maximum Gasteiger partial charge on any atom is 0.303 e. The number of Topliss-reactive ketones (excluding diaryl/α,β-unsaturated/α-hetero) is 1. The number of benzene rings is 1. The first-order chi connectivity index (χ1) is 7.42. The molecule has 1 aliphatic carbocycles. The zero-order chi connectivity index (χ0) is 11.9. The molecule has 0 aromatic heterocycles. The second kappa shape index (κ2) is 3.59. The predicted molar refractivity (Wildman–Crippen MR) is 59.5 cm³/mol. The Kier molecular flexibility index (Phi) is 2.50. The average molecular weight is 239 g/mol. The minimum atomic E-state index is -0.844. The molecule has 1 atom stereocenters. The Morgan fingerprint density at radius 1 is 1.50 bits per heavy atom. The van der Waals surface area contributed by atoms with Crippen molar-refractivity contribution in [1.82, 2.24) is 0 Å². The second-order valence-corrected chi connectivity index (χ2v) is 4.55. The molecule has 2 rings (SSSR count). The summed E-state index contributed by atoms with van der Waals surface area (Å²) >= 11 is 5.83. The smallest absolute Gasteiger partial charge is 0.303 e. The summed E-state index contributed by atoms with van der Waals surface area (Å²) in [6.07, 6.45) is 0.183. The van der Waals surface area contributed by atoms with E-state index in [-0.39, 0.29) is 12.2 Å². The molecule has 0 N–H and O–H groups in total. The van der Waals surface area contributed by atoms with Crippen LogP contribution >= 0.6 is 11.6 Å². The molecule has 0 amide bonds. The summed E-state index contributed by atoms with van der Waals surface area (Å²) in [6, 6.07) is 5.06. The van der Waals surface area contributed by atoms with E-state index in [2.05, 4.69) is 0 Å². The van der Waals surface area contributed by atoms with Crippen LogP contribution in [0.15, 0.2) is 18.2 Å². The fourth-order valence-corrected chi connectivity index (χ4v) is 2.29. The van der Waals surface area contributed by atoms with Gasteiger partial charge in [0.15, 0.2) is 5.78 Å². The van der Waals surface area contributed by atoms with Gasteiger partial charge in [0.1, 0.15) is 5.60 Å². The number of rotatable bonds is 1. The van der Waals surface area contributed by atoms with E-state index >= 15 is 0 Å². The van der Waals surface area contributed by atoms with E-state index in [1.165, 1.54) is 6.92 Å². The van der Waals surface area contributed by atoms with E-state index in [9.17, 15) is 9.59 Å². The van der Waals surface area contributed by atoms with Crippen LogP contribution in [0.3, 0.4) is 0 Å². The van der Waals surface area contributed by atoms with Crippen LogP contribution in [0.5, 0.6) is 0 Å². The molecule has 1 unspecified atom stereocenters. The van der Waals surface area contributed by atoms with E-state index < -0.39 is 11.6 Å². The van der Waals surface area contributed by atoms with E-state index in [4.69, 9.17) is 16.3 Å². The zero-order valence-electron chi connectivity index (χ0n) is 9.04. The summed E-state index contributed by atoms with van der Waals surface area (Å²) < 4.78 is 5.23. The van der Waals surface area contributed by atoms with Crippen LogP contribution in [0.2, 0.25) is 5.02 Å². The molecule has 16 heavy (non-hydrogen) atoms. The standard InChI is InChI=1S/C12H11ClO3/c1-7(14)16-12(2)6-11(15)9-5-8(13)3-4-10(9)12/h3-5H,6H2,1-2H3. The van der Waals surface area contributed by atoms with Gasteiger partial charge in [-0.2, -0.15) is 0 Å². The summed E-state index contributed by atoms with van der Waals surface area (Å²) in [6.45, 7) is 3.08. The van der Waals surface area contributed by atoms with Crippen LogP contribution in [-0.4, -0.2) is 11.8 Å². The normalized spacial score (nSPS) is 23.1. The third kappa shape index (κ3) is 1.71. The van der Waals surface area contributed by atoms with Crippen molar-refractivity contribution in [1.29, 1.82) is 0 Å². The molecule has 1 aliphatic rings. The lowest BCUT2D eigenvalue weighted by Crippen LogP contribution is -2.25. The van der Waals surface area contributed by atoms with Crippen LogP contribution in [0.1, 0.15) is 36.2 Å². The topological polar surface area (TPSA) is 43.4 Å². The fourth-order valence-electron chi connectivity index (χ4n) is 2.11. The Labute approximate surface area is 98.4 Å². The lowest BCUT2D eigenvalue weighted by molar-refractivity contribution is -0.155. The minimum absolute atomic E-state index is 0.0405. The lowest BCUT2D eigenvalue weighted by atomic mass is 9.98. The molecule has 0 fully saturated rings. The number of hydrogen-bond donors (Lipinski definition) is 0. The molecule has 3 nitrogen and oxygen atoms in total. The van der Waals surface area contributed by atoms with Gasteiger partial charge in [-0.05, 0) is 19.1 Å². The Hall–Kier alpha value is -1.35. The van der Waals surface area contributed by atoms with Crippen molar-refractivity contribution in [3.63, 3.8) is 0 Å². The monoisotopic (exact) mass is 238 g/mol. The van der Waals surface area contributed by atoms with E-state index in [0.29, 0.717) is 10.6 Å². The summed E-state index contributed by atoms with van der Waals surface area (Å²) in [5.41, 5.74) is 0.441. The highest BCUT2D eigenvalue weighted by atomic mass is 35.5. The van der Waals surface area contributed by atoms with Crippen LogP contribution in [-0.2, 0) is 15.1 Å². The molecular formula is C12H11ClO3. The number of ketones is 1. The molecule has 4 heteroatoms. The first kappa shape index (κ1) is 11.1. The summed E-state index contributed by atoms with van der Waals surface area (Å²) in [4.78, 5) is 22.8. The van der Waals surface area contributed by atoms with Crippen molar-refractivity contribution < 1.29 is 14.3 Å². The van der Waals surface area contributed by atoms with E-state index in [1.807, 2.05) is 0 Å². The molecule has 1 aromatic carbocycles. The van der Waals surface area contributed by atoms with Gasteiger partial charge in [-0.25, -0.2) is 0 Å². The molecule has 84 valence electrons. The van der Waals surface area contributed by atoms with Crippen LogP contribution in [0.4, 0.5) is 0 Å². The van der Waals surface area contributed by atoms with Crippen LogP contribution in [0, 0.1) is 0 Å². The Morgan fingerprint density at radius 2 is 2.19 bits per heavy atom. The number of esters is 1. The summed E-state index contributed by atoms with van der Waals surface area (Å²) in [5.74, 6) is -0.431. The van der Waals surface area contributed by atoms with Crippen molar-refractivity contribution in [2.75, 3.05) is 0 Å². The highest BCUT2D eigenvalue weighted by Crippen LogP contribution is 2.40. The first-order valence-corrected chi connectivity index (χ1v) is 5.33. The maximum absolute atomic E-state index is 11.8. The van der Waals surface area contributed by atoms with Crippen molar-refractivity contribution in [3.05, 3.63) is 34.3 Å². The fraction of sp³-hybridized carbons (Fsp3) is 0.333. The summed E-state index contributed by atoms with van der Waals surface area (Å²) in [5, 5.41) is 0.513. The minimum Gasteiger partial charge on any atom is -0.454 e. The number of fused-ring (bicyclic) bond motifs is 1. The van der Waals surface area contributed by atoms with Gasteiger partial charge in [0.25, 0.3) is 0 Å². The van der Waals surface area contributed by atoms with Crippen LogP contribution in [0.25, 0.3) is 0 Å². The second-order valence-electron chi connectivity index (χ2n) is 4.11. The van der Waals surface area contributed by atoms with Gasteiger partial charge in [-0.15, -0.1) is 0 Å². The first-order valence-electron chi connectivity index (χ1n) is 4.95. The van der Waals surface area contributed by atoms with Crippen molar-refractivity contribution in [2.45, 2.75) is 25.9 Å². The number of hydrogen-bond acceptors (Lipinski definition) is 3. The number of halogens is 1. The molecule has 0 radical (unpaired) electrons. The third-order valence-electron chi connectivity index (χ3n) is 2.72. The van der Waals surface area contributed by atoms with Gasteiger partial charge in [0, 0.05) is 23.1 Å². The average Bonchev–Trinajstić information content (AvgIpc) is 2.37. The third-order valence-corrected chi connectivity index (χ3v) is 2.95. The number of ether oxygens (including phenoxy) is 1. The molecule has 0 aliphatic heterocycles. The van der Waals surface area contributed by atoms with Gasteiger partial charge >= 0.3 is 5.97 Å². The number of carbonyl (C=O) groups excluding carboxylic acids is 2. The van der Waals surface area contributed by atoms with Crippen molar-refractivity contribution >= 4 is 23.4 Å². The van der Waals surface area contributed by atoms with E-state index in [0.717, 1.165) is 5.56 Å². The molecular weight excluding hydrogens is 228 g/mol. The Balaban J connectivity index is 2.50. The molecule has 0 bridgehead atoms. The Bertz CT molecular complexity index is 481. The van der Waals surface area contributed by atoms with Gasteiger partial charge in [0.05, 0.1) is 6.42 Å². The Morgan fingerprint density at radius 3 is 2.81 bits per heavy atom. The van der Waals surface area contributed by atoms with Gasteiger partial charge in [0.2, 0.25) is 0 Å². The predicted octanol–water partition coefficient (Wildman–Crippen LogP) is 2.70. The van der Waals surface area contributed by atoms with Gasteiger partial charge in [-0.3, -0.25) is 9.59 Å². The molecule has 0 saturated carbocycles. The zero-order valence-corrected chi connectivity index (χ0v) is 9.80. The van der Waals surface area contributed by atoms with Crippen LogP contribution < -0.4 is 0 Å². The highest BCUT2D eigenvalue weighted by molar-refractivity contribution is 6.31. The molecule has 0 spiro atoms. The molecule has 0 heterocycles. The maximum atomic E-state index is 11.8. The van der Waals surface area contributed by atoms with Crippen molar-refractivity contribution in [3.8, 4) is 0 Å². The number of carbonyl (C=O) groups is 2. The SMILES string of the molecule is CC(=O)OC1(C)CC(=O)c2cc(Cl)ccc21. The van der Waals surface area contributed by atoms with Gasteiger partial charge < -0.3 is 4.74 Å².